The molecule has 2 amide bonds. The predicted octanol–water partition coefficient (Wildman–Crippen LogP) is 3.02. The summed E-state index contributed by atoms with van der Waals surface area (Å²) >= 11 is 0. The van der Waals surface area contributed by atoms with Gasteiger partial charge < -0.3 is 11.1 Å². The van der Waals surface area contributed by atoms with Crippen LogP contribution in [0, 0.1) is 11.3 Å². The molecule has 0 aliphatic heterocycles. The molecule has 0 spiro atoms. The summed E-state index contributed by atoms with van der Waals surface area (Å²) in [6, 6.07) is 26.5. The van der Waals surface area contributed by atoms with Gasteiger partial charge in [0.15, 0.2) is 0 Å². The molecular weight excluding hydrogens is 376 g/mol. The number of carbonyl (C=O) groups excluding carboxylic acids is 2. The average Bonchev–Trinajstić information content (AvgIpc) is 2.80. The van der Waals surface area contributed by atoms with E-state index in [1.807, 2.05) is 12.1 Å². The molecule has 0 radical (unpaired) electrons. The third-order valence-corrected chi connectivity index (χ3v) is 4.51. The Balaban J connectivity index is 2.03. The van der Waals surface area contributed by atoms with Crippen LogP contribution in [0.1, 0.15) is 27.5 Å². The van der Waals surface area contributed by atoms with Gasteiger partial charge >= 0.3 is 0 Å². The van der Waals surface area contributed by atoms with Crippen LogP contribution >= 0.6 is 0 Å². The molecule has 6 nitrogen and oxygen atoms in total. The highest BCUT2D eigenvalue weighted by molar-refractivity contribution is 6.11. The van der Waals surface area contributed by atoms with Crippen LogP contribution in [0.3, 0.4) is 0 Å². The molecule has 3 aromatic rings. The SMILES string of the molecule is N#CC(=N[C@H](c1ccccc1)[C@@H](NC(=O)c1ccccc1)C(N)=O)c1ccccc1. The van der Waals surface area contributed by atoms with Gasteiger partial charge in [-0.05, 0) is 17.7 Å². The number of carbonyl (C=O) groups is 2. The van der Waals surface area contributed by atoms with Gasteiger partial charge in [0, 0.05) is 11.1 Å². The Kier molecular flexibility index (Phi) is 6.70. The number of hydrogen-bond donors (Lipinski definition) is 2. The lowest BCUT2D eigenvalue weighted by Crippen LogP contribution is -2.48. The number of nitrogens with zero attached hydrogens (tertiary/aromatic N) is 2. The van der Waals surface area contributed by atoms with E-state index in [0.717, 1.165) is 0 Å². The second-order valence-corrected chi connectivity index (χ2v) is 6.53. The van der Waals surface area contributed by atoms with Crippen molar-refractivity contribution >= 4 is 17.5 Å². The smallest absolute Gasteiger partial charge is 0.251 e. The molecule has 3 rings (SSSR count). The largest absolute Gasteiger partial charge is 0.368 e. The fraction of sp³-hybridized carbons (Fsp3) is 0.0833. The highest BCUT2D eigenvalue weighted by Crippen LogP contribution is 2.23. The van der Waals surface area contributed by atoms with Crippen molar-refractivity contribution in [3.63, 3.8) is 0 Å². The first-order valence-electron chi connectivity index (χ1n) is 9.33. The molecule has 0 aromatic heterocycles. The molecule has 30 heavy (non-hydrogen) atoms. The Hall–Kier alpha value is -4.24. The molecule has 3 aromatic carbocycles. The number of rotatable bonds is 7. The second kappa shape index (κ2) is 9.80. The predicted molar refractivity (Wildman–Crippen MR) is 115 cm³/mol. The maximum atomic E-state index is 12.7. The molecule has 3 N–H and O–H groups in total. The van der Waals surface area contributed by atoms with Crippen molar-refractivity contribution in [2.45, 2.75) is 12.1 Å². The van der Waals surface area contributed by atoms with Crippen molar-refractivity contribution in [2.75, 3.05) is 0 Å². The van der Waals surface area contributed by atoms with Gasteiger partial charge in [0.25, 0.3) is 5.91 Å². The van der Waals surface area contributed by atoms with E-state index in [-0.39, 0.29) is 5.71 Å². The van der Waals surface area contributed by atoms with Gasteiger partial charge in [-0.2, -0.15) is 5.26 Å². The summed E-state index contributed by atoms with van der Waals surface area (Å²) in [6.07, 6.45) is 0. The molecule has 0 saturated carbocycles. The Morgan fingerprint density at radius 1 is 0.833 bits per heavy atom. The fourth-order valence-electron chi connectivity index (χ4n) is 3.01. The zero-order valence-corrected chi connectivity index (χ0v) is 16.1. The molecular formula is C24H20N4O2. The zero-order chi connectivity index (χ0) is 21.3. The summed E-state index contributed by atoms with van der Waals surface area (Å²) in [5, 5.41) is 12.4. The minimum absolute atomic E-state index is 0.143. The summed E-state index contributed by atoms with van der Waals surface area (Å²) in [7, 11) is 0. The number of aliphatic imine (C=N–C) groups is 1. The van der Waals surface area contributed by atoms with Crippen molar-refractivity contribution < 1.29 is 9.59 Å². The van der Waals surface area contributed by atoms with Crippen molar-refractivity contribution in [3.05, 3.63) is 108 Å². The number of benzene rings is 3. The minimum atomic E-state index is -1.15. The summed E-state index contributed by atoms with van der Waals surface area (Å²) in [6.45, 7) is 0. The van der Waals surface area contributed by atoms with E-state index in [1.54, 1.807) is 78.9 Å². The molecule has 0 heterocycles. The maximum Gasteiger partial charge on any atom is 0.251 e. The van der Waals surface area contributed by atoms with E-state index >= 15 is 0 Å². The number of nitrogens with one attached hydrogen (secondary N) is 1. The maximum absolute atomic E-state index is 12.7. The van der Waals surface area contributed by atoms with Crippen LogP contribution in [0.15, 0.2) is 96.0 Å². The third-order valence-electron chi connectivity index (χ3n) is 4.51. The first-order chi connectivity index (χ1) is 14.6. The van der Waals surface area contributed by atoms with Crippen LogP contribution in [0.5, 0.6) is 0 Å². The summed E-state index contributed by atoms with van der Waals surface area (Å²) < 4.78 is 0. The highest BCUT2D eigenvalue weighted by atomic mass is 16.2. The molecule has 0 fully saturated rings. The number of nitrogens with two attached hydrogens (primary N) is 1. The normalized spacial score (nSPS) is 13.0. The van der Waals surface area contributed by atoms with E-state index in [9.17, 15) is 14.9 Å². The Bertz CT molecular complexity index is 1070. The molecule has 6 heteroatoms. The van der Waals surface area contributed by atoms with Crippen LogP contribution in [-0.2, 0) is 4.79 Å². The zero-order valence-electron chi connectivity index (χ0n) is 16.1. The molecule has 0 aliphatic rings. The molecule has 148 valence electrons. The second-order valence-electron chi connectivity index (χ2n) is 6.53. The van der Waals surface area contributed by atoms with Crippen molar-refractivity contribution in [1.82, 2.24) is 5.32 Å². The van der Waals surface area contributed by atoms with E-state index in [2.05, 4.69) is 16.4 Å². The Morgan fingerprint density at radius 3 is 1.83 bits per heavy atom. The van der Waals surface area contributed by atoms with Crippen LogP contribution in [0.4, 0.5) is 0 Å². The third kappa shape index (κ3) is 4.97. The molecule has 0 bridgehead atoms. The molecule has 2 atom stereocenters. The lowest BCUT2D eigenvalue weighted by Gasteiger charge is -2.23. The summed E-state index contributed by atoms with van der Waals surface area (Å²) in [5.41, 5.74) is 7.45. The van der Waals surface area contributed by atoms with Gasteiger partial charge in [-0.25, -0.2) is 0 Å². The van der Waals surface area contributed by atoms with E-state index in [1.165, 1.54) is 0 Å². The minimum Gasteiger partial charge on any atom is -0.368 e. The Labute approximate surface area is 174 Å². The average molecular weight is 396 g/mol. The first-order valence-corrected chi connectivity index (χ1v) is 9.33. The van der Waals surface area contributed by atoms with Crippen molar-refractivity contribution in [2.24, 2.45) is 10.7 Å². The lowest BCUT2D eigenvalue weighted by atomic mass is 9.98. The number of amides is 2. The van der Waals surface area contributed by atoms with Crippen LogP contribution in [0.25, 0.3) is 0 Å². The van der Waals surface area contributed by atoms with E-state index in [0.29, 0.717) is 16.7 Å². The monoisotopic (exact) mass is 396 g/mol. The topological polar surface area (TPSA) is 108 Å². The van der Waals surface area contributed by atoms with Crippen LogP contribution in [-0.4, -0.2) is 23.6 Å². The number of primary amides is 1. The molecule has 0 unspecified atom stereocenters. The number of hydrogen-bond acceptors (Lipinski definition) is 4. The van der Waals surface area contributed by atoms with Gasteiger partial charge in [-0.3, -0.25) is 14.6 Å². The fourth-order valence-corrected chi connectivity index (χ4v) is 3.01. The van der Waals surface area contributed by atoms with E-state index < -0.39 is 23.9 Å². The highest BCUT2D eigenvalue weighted by Gasteiger charge is 2.30. The standard InChI is InChI=1S/C24H20N4O2/c25-16-20(17-10-4-1-5-11-17)27-21(18-12-6-2-7-13-18)22(23(26)29)28-24(30)19-14-8-3-9-15-19/h1-15,21-22H,(H2,26,29)(H,28,30)/t21-,22-/m1/s1. The van der Waals surface area contributed by atoms with Crippen molar-refractivity contribution in [3.8, 4) is 6.07 Å². The summed E-state index contributed by atoms with van der Waals surface area (Å²) in [4.78, 5) is 29.6. The van der Waals surface area contributed by atoms with Gasteiger partial charge in [-0.15, -0.1) is 0 Å². The number of nitriles is 1. The quantitative estimate of drug-likeness (QED) is 0.599. The van der Waals surface area contributed by atoms with Crippen LogP contribution in [0.2, 0.25) is 0 Å². The molecule has 0 aliphatic carbocycles. The van der Waals surface area contributed by atoms with Gasteiger partial charge in [0.05, 0.1) is 0 Å². The van der Waals surface area contributed by atoms with Gasteiger partial charge in [0.1, 0.15) is 23.9 Å². The molecule has 0 saturated heterocycles. The van der Waals surface area contributed by atoms with Gasteiger partial charge in [-0.1, -0.05) is 78.9 Å². The lowest BCUT2D eigenvalue weighted by molar-refractivity contribution is -0.120. The van der Waals surface area contributed by atoms with Gasteiger partial charge in [0.2, 0.25) is 5.91 Å². The van der Waals surface area contributed by atoms with Crippen molar-refractivity contribution in [1.29, 1.82) is 5.26 Å². The summed E-state index contributed by atoms with van der Waals surface area (Å²) in [5.74, 6) is -1.20. The van der Waals surface area contributed by atoms with Crippen LogP contribution < -0.4 is 11.1 Å². The van der Waals surface area contributed by atoms with E-state index in [4.69, 9.17) is 5.73 Å². The first kappa shape index (κ1) is 20.5. The Morgan fingerprint density at radius 2 is 1.33 bits per heavy atom.